The van der Waals surface area contributed by atoms with Crippen LogP contribution < -0.4 is 3.87 Å². The van der Waals surface area contributed by atoms with Crippen molar-refractivity contribution in [1.82, 2.24) is 0 Å². The van der Waals surface area contributed by atoms with E-state index >= 15 is 0 Å². The van der Waals surface area contributed by atoms with Gasteiger partial charge in [-0.15, -0.1) is 0 Å². The second-order valence-corrected chi connectivity index (χ2v) is 12.5. The van der Waals surface area contributed by atoms with Crippen molar-refractivity contribution in [2.75, 3.05) is 13.3 Å². The van der Waals surface area contributed by atoms with E-state index in [-0.39, 0.29) is 36.0 Å². The SMILES string of the molecule is CCCCCCC(CF)C(C)(CC)Cc1cccc(CC(C)(CC)C(CF)CCCCCC)[c]1[Ti]. The summed E-state index contributed by atoms with van der Waals surface area (Å²) < 4.78 is 29.8. The molecular weight excluding hydrogens is 470 g/mol. The van der Waals surface area contributed by atoms with Crippen LogP contribution >= 0.6 is 0 Å². The first-order valence-electron chi connectivity index (χ1n) is 14.7. The number of hydrogen-bond donors (Lipinski definition) is 0. The minimum absolute atomic E-state index is 0.0286. The van der Waals surface area contributed by atoms with Crippen LogP contribution in [0.3, 0.4) is 0 Å². The van der Waals surface area contributed by atoms with E-state index in [0.717, 1.165) is 51.4 Å². The minimum atomic E-state index is -0.223. The topological polar surface area (TPSA) is 0 Å². The summed E-state index contributed by atoms with van der Waals surface area (Å²) >= 11 is 2.24. The number of halogens is 2. The molecule has 0 N–H and O–H groups in total. The molecule has 3 heteroatoms. The van der Waals surface area contributed by atoms with Crippen molar-refractivity contribution in [3.63, 3.8) is 0 Å². The van der Waals surface area contributed by atoms with Gasteiger partial charge in [0.2, 0.25) is 0 Å². The van der Waals surface area contributed by atoms with Gasteiger partial charge in [-0.3, -0.25) is 0 Å². The first kappa shape index (κ1) is 32.8. The van der Waals surface area contributed by atoms with Crippen LogP contribution in [-0.4, -0.2) is 13.3 Å². The zero-order valence-electron chi connectivity index (χ0n) is 24.0. The number of hydrogen-bond acceptors (Lipinski definition) is 0. The average molecular weight is 526 g/mol. The van der Waals surface area contributed by atoms with E-state index in [1.807, 2.05) is 0 Å². The van der Waals surface area contributed by atoms with Gasteiger partial charge in [-0.1, -0.05) is 0 Å². The fourth-order valence-corrected chi connectivity index (χ4v) is 6.33. The molecule has 0 saturated heterocycles. The molecule has 0 spiro atoms. The van der Waals surface area contributed by atoms with Crippen molar-refractivity contribution in [2.24, 2.45) is 22.7 Å². The van der Waals surface area contributed by atoms with Gasteiger partial charge in [0.05, 0.1) is 0 Å². The van der Waals surface area contributed by atoms with E-state index in [2.05, 4.69) is 80.2 Å². The zero-order chi connectivity index (χ0) is 26.3. The standard InChI is InChI=1S/C32H55F2.Ti/c1-7-11-13-15-20-29(25-33)31(5,9-3)23-27-18-17-19-28(22-27)24-32(6,10-4)30(26-34)21-16-14-12-8-2;/h17-19,29-30H,7-16,20-21,23-26H2,1-6H3;. The Labute approximate surface area is 229 Å². The Bertz CT molecular complexity index is 636. The monoisotopic (exact) mass is 525 g/mol. The van der Waals surface area contributed by atoms with Gasteiger partial charge in [-0.25, -0.2) is 0 Å². The molecule has 0 aliphatic rings. The van der Waals surface area contributed by atoms with E-state index in [0.29, 0.717) is 0 Å². The second-order valence-electron chi connectivity index (χ2n) is 11.7. The summed E-state index contributed by atoms with van der Waals surface area (Å²) in [5.74, 6) is 0.236. The third kappa shape index (κ3) is 10.2. The predicted molar refractivity (Wildman–Crippen MR) is 147 cm³/mol. The molecule has 1 aromatic carbocycles. The Hall–Kier alpha value is -0.206. The fraction of sp³-hybridized carbons (Fsp3) is 0.812. The van der Waals surface area contributed by atoms with Gasteiger partial charge in [0.25, 0.3) is 0 Å². The van der Waals surface area contributed by atoms with Gasteiger partial charge in [-0.05, 0) is 0 Å². The number of rotatable bonds is 20. The Morgan fingerprint density at radius 3 is 1.40 bits per heavy atom. The third-order valence-electron chi connectivity index (χ3n) is 9.20. The van der Waals surface area contributed by atoms with Crippen molar-refractivity contribution < 1.29 is 29.2 Å². The molecule has 0 amide bonds. The van der Waals surface area contributed by atoms with Crippen LogP contribution in [-0.2, 0) is 33.3 Å². The molecule has 4 atom stereocenters. The predicted octanol–water partition coefficient (Wildman–Crippen LogP) is 9.89. The molecule has 0 aromatic heterocycles. The molecule has 35 heavy (non-hydrogen) atoms. The van der Waals surface area contributed by atoms with E-state index in [9.17, 15) is 8.78 Å². The molecular formula is C32H55F2Ti. The van der Waals surface area contributed by atoms with Gasteiger partial charge in [0.15, 0.2) is 0 Å². The molecule has 201 valence electrons. The Kier molecular flexibility index (Phi) is 16.3. The van der Waals surface area contributed by atoms with E-state index in [1.165, 1.54) is 53.5 Å². The summed E-state index contributed by atoms with van der Waals surface area (Å²) in [5.41, 5.74) is 2.66. The van der Waals surface area contributed by atoms with Crippen molar-refractivity contribution in [3.8, 4) is 0 Å². The van der Waals surface area contributed by atoms with Crippen molar-refractivity contribution >= 4 is 3.87 Å². The molecule has 4 unspecified atom stereocenters. The van der Waals surface area contributed by atoms with Crippen molar-refractivity contribution in [1.29, 1.82) is 0 Å². The molecule has 0 fully saturated rings. The molecule has 0 aliphatic heterocycles. The number of benzene rings is 1. The molecule has 1 rings (SSSR count). The van der Waals surface area contributed by atoms with Crippen LogP contribution in [0, 0.1) is 22.7 Å². The molecule has 0 heterocycles. The van der Waals surface area contributed by atoms with Gasteiger partial charge in [0, 0.05) is 0 Å². The summed E-state index contributed by atoms with van der Waals surface area (Å²) in [5, 5.41) is 0. The molecule has 0 aliphatic carbocycles. The molecule has 0 nitrogen and oxygen atoms in total. The van der Waals surface area contributed by atoms with Gasteiger partial charge in [0.1, 0.15) is 0 Å². The summed E-state index contributed by atoms with van der Waals surface area (Å²) in [7, 11) is 0. The van der Waals surface area contributed by atoms with Crippen LogP contribution in [0.1, 0.15) is 130 Å². The number of alkyl halides is 2. The molecule has 0 radical (unpaired) electrons. The van der Waals surface area contributed by atoms with E-state index in [1.54, 1.807) is 0 Å². The second kappa shape index (κ2) is 17.3. The number of unbranched alkanes of at least 4 members (excludes halogenated alkanes) is 6. The third-order valence-corrected chi connectivity index (χ3v) is 10.2. The summed E-state index contributed by atoms with van der Waals surface area (Å²) in [6.45, 7) is 13.1. The van der Waals surface area contributed by atoms with E-state index < -0.39 is 0 Å². The van der Waals surface area contributed by atoms with Crippen molar-refractivity contribution in [3.05, 3.63) is 29.3 Å². The van der Waals surface area contributed by atoms with Crippen LogP contribution in [0.5, 0.6) is 0 Å². The molecule has 0 saturated carbocycles. The summed E-state index contributed by atoms with van der Waals surface area (Å²) in [6, 6.07) is 6.68. The zero-order valence-corrected chi connectivity index (χ0v) is 25.5. The quantitative estimate of drug-likeness (QED) is 0.117. The van der Waals surface area contributed by atoms with Gasteiger partial charge in [-0.2, -0.15) is 0 Å². The summed E-state index contributed by atoms with van der Waals surface area (Å²) in [6.07, 6.45) is 15.4. The van der Waals surface area contributed by atoms with Gasteiger partial charge < -0.3 is 0 Å². The summed E-state index contributed by atoms with van der Waals surface area (Å²) in [4.78, 5) is 0. The van der Waals surface area contributed by atoms with Crippen LogP contribution in [0.15, 0.2) is 18.2 Å². The van der Waals surface area contributed by atoms with E-state index in [4.69, 9.17) is 0 Å². The molecule has 1 aromatic rings. The Balaban J connectivity index is 3.05. The fourth-order valence-electron chi connectivity index (χ4n) is 5.79. The average Bonchev–Trinajstić information content (AvgIpc) is 2.86. The Morgan fingerprint density at radius 1 is 0.686 bits per heavy atom. The maximum atomic E-state index is 14.2. The normalized spacial score (nSPS) is 17.0. The maximum absolute atomic E-state index is 14.2. The molecule has 0 bridgehead atoms. The van der Waals surface area contributed by atoms with Crippen LogP contribution in [0.25, 0.3) is 0 Å². The Morgan fingerprint density at radius 2 is 1.09 bits per heavy atom. The van der Waals surface area contributed by atoms with Crippen LogP contribution in [0.2, 0.25) is 0 Å². The van der Waals surface area contributed by atoms with Crippen LogP contribution in [0.4, 0.5) is 8.78 Å². The van der Waals surface area contributed by atoms with Crippen molar-refractivity contribution in [2.45, 2.75) is 131 Å². The van der Waals surface area contributed by atoms with Gasteiger partial charge >= 0.3 is 230 Å². The first-order chi connectivity index (χ1) is 16.7. The first-order valence-corrected chi connectivity index (χ1v) is 15.5.